The topological polar surface area (TPSA) is 53.3 Å². The molecule has 17 heavy (non-hydrogen) atoms. The van der Waals surface area contributed by atoms with E-state index in [0.717, 1.165) is 6.42 Å². The summed E-state index contributed by atoms with van der Waals surface area (Å²) in [5.74, 6) is -0.0578. The molecule has 1 amide bonds. The van der Waals surface area contributed by atoms with Gasteiger partial charge in [-0.3, -0.25) is 4.79 Å². The van der Waals surface area contributed by atoms with Crippen molar-refractivity contribution in [2.75, 3.05) is 20.3 Å². The number of carbonyl (C=O) groups excluding carboxylic acids is 1. The standard InChI is InChI=1S/C13H14N2O2/c1-15(12-5-6-17-9-12)13(16)11-4-2-3-10(7-11)8-14/h2-4,7,12H,5-6,9H2,1H3. The molecule has 1 aromatic rings. The third kappa shape index (κ3) is 2.45. The van der Waals surface area contributed by atoms with Crippen LogP contribution in [0.4, 0.5) is 0 Å². The third-order valence-corrected chi connectivity index (χ3v) is 3.01. The van der Waals surface area contributed by atoms with E-state index in [1.807, 2.05) is 6.07 Å². The molecule has 1 aromatic carbocycles. The fraction of sp³-hybridized carbons (Fsp3) is 0.385. The van der Waals surface area contributed by atoms with Gasteiger partial charge in [0, 0.05) is 19.2 Å². The Morgan fingerprint density at radius 2 is 2.41 bits per heavy atom. The van der Waals surface area contributed by atoms with Crippen LogP contribution in [0.25, 0.3) is 0 Å². The van der Waals surface area contributed by atoms with Crippen LogP contribution in [0.3, 0.4) is 0 Å². The average molecular weight is 230 g/mol. The first-order valence-corrected chi connectivity index (χ1v) is 5.57. The van der Waals surface area contributed by atoms with Crippen molar-refractivity contribution >= 4 is 5.91 Å². The van der Waals surface area contributed by atoms with Crippen molar-refractivity contribution in [2.24, 2.45) is 0 Å². The van der Waals surface area contributed by atoms with Crippen LogP contribution in [0.15, 0.2) is 24.3 Å². The summed E-state index contributed by atoms with van der Waals surface area (Å²) in [5, 5.41) is 8.80. The maximum absolute atomic E-state index is 12.2. The summed E-state index contributed by atoms with van der Waals surface area (Å²) in [6.07, 6.45) is 0.875. The van der Waals surface area contributed by atoms with Crippen molar-refractivity contribution in [3.8, 4) is 6.07 Å². The number of amides is 1. The minimum absolute atomic E-state index is 0.0578. The molecule has 0 spiro atoms. The van der Waals surface area contributed by atoms with Crippen LogP contribution >= 0.6 is 0 Å². The second-order valence-corrected chi connectivity index (χ2v) is 4.13. The summed E-state index contributed by atoms with van der Waals surface area (Å²) in [4.78, 5) is 13.9. The Balaban J connectivity index is 2.15. The Bertz CT molecular complexity index is 459. The van der Waals surface area contributed by atoms with Gasteiger partial charge in [0.1, 0.15) is 0 Å². The van der Waals surface area contributed by atoms with Crippen molar-refractivity contribution in [3.05, 3.63) is 35.4 Å². The molecule has 4 heteroatoms. The van der Waals surface area contributed by atoms with Crippen molar-refractivity contribution in [2.45, 2.75) is 12.5 Å². The molecule has 1 atom stereocenters. The minimum atomic E-state index is -0.0578. The number of likely N-dealkylation sites (N-methyl/N-ethyl adjacent to an activating group) is 1. The SMILES string of the molecule is CN(C(=O)c1cccc(C#N)c1)C1CCOC1. The minimum Gasteiger partial charge on any atom is -0.379 e. The molecule has 1 saturated heterocycles. The van der Waals surface area contributed by atoms with Crippen molar-refractivity contribution in [1.82, 2.24) is 4.90 Å². The lowest BCUT2D eigenvalue weighted by atomic mass is 10.1. The molecule has 0 radical (unpaired) electrons. The molecule has 2 rings (SSSR count). The molecule has 1 aliphatic rings. The van der Waals surface area contributed by atoms with Gasteiger partial charge in [0.05, 0.1) is 24.3 Å². The van der Waals surface area contributed by atoms with Crippen LogP contribution in [-0.2, 0) is 4.74 Å². The number of rotatable bonds is 2. The lowest BCUT2D eigenvalue weighted by Crippen LogP contribution is -2.37. The fourth-order valence-electron chi connectivity index (χ4n) is 1.92. The molecule has 0 bridgehead atoms. The van der Waals surface area contributed by atoms with Crippen molar-refractivity contribution < 1.29 is 9.53 Å². The lowest BCUT2D eigenvalue weighted by molar-refractivity contribution is 0.0711. The van der Waals surface area contributed by atoms with Crippen LogP contribution in [0.5, 0.6) is 0 Å². The molecule has 0 saturated carbocycles. The first-order chi connectivity index (χ1) is 8.22. The summed E-state index contributed by atoms with van der Waals surface area (Å²) in [6.45, 7) is 1.31. The molecule has 0 aliphatic carbocycles. The monoisotopic (exact) mass is 230 g/mol. The molecule has 4 nitrogen and oxygen atoms in total. The average Bonchev–Trinajstić information content (AvgIpc) is 2.91. The second-order valence-electron chi connectivity index (χ2n) is 4.13. The number of benzene rings is 1. The Hall–Kier alpha value is -1.86. The van der Waals surface area contributed by atoms with Crippen LogP contribution in [0, 0.1) is 11.3 Å². The quantitative estimate of drug-likeness (QED) is 0.772. The van der Waals surface area contributed by atoms with Crippen molar-refractivity contribution in [3.63, 3.8) is 0 Å². The van der Waals surface area contributed by atoms with Crippen LogP contribution in [0.2, 0.25) is 0 Å². The highest BCUT2D eigenvalue weighted by Gasteiger charge is 2.24. The van der Waals surface area contributed by atoms with E-state index in [2.05, 4.69) is 0 Å². The zero-order chi connectivity index (χ0) is 12.3. The van der Waals surface area contributed by atoms with Gasteiger partial charge in [-0.25, -0.2) is 0 Å². The Kier molecular flexibility index (Phi) is 3.40. The lowest BCUT2D eigenvalue weighted by Gasteiger charge is -2.23. The first-order valence-electron chi connectivity index (χ1n) is 5.57. The van der Waals surface area contributed by atoms with E-state index in [4.69, 9.17) is 10.00 Å². The maximum Gasteiger partial charge on any atom is 0.253 e. The number of nitrogens with zero attached hydrogens (tertiary/aromatic N) is 2. The molecule has 0 aromatic heterocycles. The second kappa shape index (κ2) is 4.98. The summed E-state index contributed by atoms with van der Waals surface area (Å²) in [5.41, 5.74) is 1.06. The van der Waals surface area contributed by atoms with Crippen molar-refractivity contribution in [1.29, 1.82) is 5.26 Å². The number of carbonyl (C=O) groups is 1. The van der Waals surface area contributed by atoms with Gasteiger partial charge in [0.15, 0.2) is 0 Å². The molecule has 1 fully saturated rings. The molecular weight excluding hydrogens is 216 g/mol. The fourth-order valence-corrected chi connectivity index (χ4v) is 1.92. The van der Waals surface area contributed by atoms with E-state index in [-0.39, 0.29) is 11.9 Å². The number of ether oxygens (including phenoxy) is 1. The highest BCUT2D eigenvalue weighted by molar-refractivity contribution is 5.94. The molecule has 1 heterocycles. The van der Waals surface area contributed by atoms with Gasteiger partial charge in [0.25, 0.3) is 5.91 Å². The van der Waals surface area contributed by atoms with E-state index in [1.165, 1.54) is 0 Å². The largest absolute Gasteiger partial charge is 0.379 e. The third-order valence-electron chi connectivity index (χ3n) is 3.01. The highest BCUT2D eigenvalue weighted by atomic mass is 16.5. The zero-order valence-corrected chi connectivity index (χ0v) is 9.72. The van der Waals surface area contributed by atoms with Gasteiger partial charge in [-0.15, -0.1) is 0 Å². The smallest absolute Gasteiger partial charge is 0.253 e. The Morgan fingerprint density at radius 1 is 1.59 bits per heavy atom. The van der Waals surface area contributed by atoms with Gasteiger partial charge in [-0.2, -0.15) is 5.26 Å². The predicted octanol–water partition coefficient (Wildman–Crippen LogP) is 1.42. The molecule has 1 unspecified atom stereocenters. The summed E-state index contributed by atoms with van der Waals surface area (Å²) < 4.78 is 5.26. The van der Waals surface area contributed by atoms with Gasteiger partial charge in [-0.05, 0) is 24.6 Å². The molecule has 88 valence electrons. The van der Waals surface area contributed by atoms with E-state index in [0.29, 0.717) is 24.3 Å². The summed E-state index contributed by atoms with van der Waals surface area (Å²) in [7, 11) is 1.78. The van der Waals surface area contributed by atoms with Gasteiger partial charge < -0.3 is 9.64 Å². The first kappa shape index (κ1) is 11.6. The van der Waals surface area contributed by atoms with Gasteiger partial charge in [-0.1, -0.05) is 6.07 Å². The van der Waals surface area contributed by atoms with Gasteiger partial charge in [0.2, 0.25) is 0 Å². The van der Waals surface area contributed by atoms with E-state index >= 15 is 0 Å². The molecular formula is C13H14N2O2. The number of hydrogen-bond acceptors (Lipinski definition) is 3. The predicted molar refractivity (Wildman–Crippen MR) is 62.5 cm³/mol. The van der Waals surface area contributed by atoms with Crippen LogP contribution in [0.1, 0.15) is 22.3 Å². The number of hydrogen-bond donors (Lipinski definition) is 0. The normalized spacial score (nSPS) is 18.7. The Morgan fingerprint density at radius 3 is 3.06 bits per heavy atom. The van der Waals surface area contributed by atoms with Crippen LogP contribution in [-0.4, -0.2) is 37.1 Å². The summed E-state index contributed by atoms with van der Waals surface area (Å²) >= 11 is 0. The van der Waals surface area contributed by atoms with E-state index in [1.54, 1.807) is 36.2 Å². The van der Waals surface area contributed by atoms with Crippen LogP contribution < -0.4 is 0 Å². The molecule has 0 N–H and O–H groups in total. The zero-order valence-electron chi connectivity index (χ0n) is 9.72. The number of nitriles is 1. The van der Waals surface area contributed by atoms with E-state index in [9.17, 15) is 4.79 Å². The highest BCUT2D eigenvalue weighted by Crippen LogP contribution is 2.14. The molecule has 1 aliphatic heterocycles. The van der Waals surface area contributed by atoms with Gasteiger partial charge >= 0.3 is 0 Å². The van der Waals surface area contributed by atoms with E-state index < -0.39 is 0 Å². The summed E-state index contributed by atoms with van der Waals surface area (Å²) in [6, 6.07) is 8.95. The Labute approximate surface area is 100 Å². The maximum atomic E-state index is 12.2.